The fourth-order valence-electron chi connectivity index (χ4n) is 3.93. The molecule has 0 saturated heterocycles. The quantitative estimate of drug-likeness (QED) is 0.575. The van der Waals surface area contributed by atoms with Gasteiger partial charge in [0.1, 0.15) is 10.8 Å². The second kappa shape index (κ2) is 8.22. The summed E-state index contributed by atoms with van der Waals surface area (Å²) in [5.74, 6) is 0.355. The van der Waals surface area contributed by atoms with Crippen LogP contribution in [0, 0.1) is 19.3 Å². The molecule has 164 valence electrons. The van der Waals surface area contributed by atoms with E-state index in [0.29, 0.717) is 10.2 Å². The van der Waals surface area contributed by atoms with Crippen LogP contribution in [0.1, 0.15) is 22.5 Å². The lowest BCUT2D eigenvalue weighted by Gasteiger charge is -2.20. The predicted molar refractivity (Wildman–Crippen MR) is 132 cm³/mol. The average molecular weight is 456 g/mol. The van der Waals surface area contributed by atoms with Gasteiger partial charge in [-0.25, -0.2) is 0 Å². The van der Waals surface area contributed by atoms with E-state index in [4.69, 9.17) is 10.1 Å². The number of amides is 1. The van der Waals surface area contributed by atoms with Gasteiger partial charge in [0.05, 0.1) is 12.7 Å². The molecule has 8 heteroatoms. The molecule has 7 nitrogen and oxygen atoms in total. The summed E-state index contributed by atoms with van der Waals surface area (Å²) in [5, 5.41) is 15.8. The van der Waals surface area contributed by atoms with Crippen molar-refractivity contribution in [2.24, 2.45) is 10.1 Å². The molecule has 2 aromatic carbocycles. The zero-order valence-corrected chi connectivity index (χ0v) is 19.2. The van der Waals surface area contributed by atoms with E-state index in [9.17, 15) is 4.79 Å². The van der Waals surface area contributed by atoms with Crippen LogP contribution in [0.3, 0.4) is 0 Å². The van der Waals surface area contributed by atoms with Gasteiger partial charge in [-0.1, -0.05) is 36.4 Å². The maximum atomic E-state index is 12.8. The molecule has 0 radical (unpaired) electrons. The number of rotatable bonds is 4. The van der Waals surface area contributed by atoms with E-state index < -0.39 is 5.91 Å². The number of hydrogen-bond acceptors (Lipinski definition) is 5. The van der Waals surface area contributed by atoms with Crippen molar-refractivity contribution in [1.29, 1.82) is 5.41 Å². The van der Waals surface area contributed by atoms with E-state index in [-0.39, 0.29) is 11.4 Å². The van der Waals surface area contributed by atoms with E-state index in [0.717, 1.165) is 34.0 Å². The first-order valence-electron chi connectivity index (χ1n) is 10.4. The van der Waals surface area contributed by atoms with Crippen LogP contribution in [0.2, 0.25) is 0 Å². The van der Waals surface area contributed by atoms with Crippen molar-refractivity contribution in [3.63, 3.8) is 0 Å². The predicted octanol–water partition coefficient (Wildman–Crippen LogP) is 4.77. The number of hydrogen-bond donors (Lipinski definition) is 1. The lowest BCUT2D eigenvalue weighted by Crippen LogP contribution is -2.35. The number of carbonyl (C=O) groups is 1. The van der Waals surface area contributed by atoms with Gasteiger partial charge in [0.25, 0.3) is 5.91 Å². The maximum absolute atomic E-state index is 12.8. The molecule has 0 spiro atoms. The first-order chi connectivity index (χ1) is 16.0. The molecule has 0 unspecified atom stereocenters. The molecule has 3 heterocycles. The van der Waals surface area contributed by atoms with Crippen molar-refractivity contribution in [1.82, 2.24) is 9.58 Å². The SMILES string of the molecule is COc1cccc(-n2c(C)cc(/C=C3/C(=N)N4N=C(c5ccccc5)SC4=NC3=O)c2C)c1. The highest BCUT2D eigenvalue weighted by atomic mass is 32.2. The Kier molecular flexibility index (Phi) is 5.22. The Bertz CT molecular complexity index is 1390. The number of amidine groups is 2. The summed E-state index contributed by atoms with van der Waals surface area (Å²) < 4.78 is 7.46. The number of aryl methyl sites for hydroxylation is 1. The van der Waals surface area contributed by atoms with Crippen LogP contribution in [0.15, 0.2) is 76.3 Å². The van der Waals surface area contributed by atoms with Gasteiger partial charge < -0.3 is 9.30 Å². The van der Waals surface area contributed by atoms with Gasteiger partial charge in [0.2, 0.25) is 5.17 Å². The topological polar surface area (TPSA) is 83.0 Å². The Morgan fingerprint density at radius 1 is 1.06 bits per heavy atom. The number of methoxy groups -OCH3 is 1. The lowest BCUT2D eigenvalue weighted by atomic mass is 10.1. The highest BCUT2D eigenvalue weighted by molar-refractivity contribution is 8.27. The normalized spacial score (nSPS) is 16.7. The molecular formula is C25H21N5O2S. The van der Waals surface area contributed by atoms with Crippen LogP contribution in [0.5, 0.6) is 5.75 Å². The minimum Gasteiger partial charge on any atom is -0.497 e. The highest BCUT2D eigenvalue weighted by Crippen LogP contribution is 2.32. The lowest BCUT2D eigenvalue weighted by molar-refractivity contribution is -0.114. The minimum absolute atomic E-state index is 0.0228. The van der Waals surface area contributed by atoms with Crippen molar-refractivity contribution >= 4 is 39.8 Å². The molecule has 2 aliphatic heterocycles. The number of aromatic nitrogens is 1. The Morgan fingerprint density at radius 3 is 2.61 bits per heavy atom. The van der Waals surface area contributed by atoms with Gasteiger partial charge >= 0.3 is 0 Å². The number of fused-ring (bicyclic) bond motifs is 1. The minimum atomic E-state index is -0.436. The van der Waals surface area contributed by atoms with Crippen LogP contribution >= 0.6 is 11.8 Å². The van der Waals surface area contributed by atoms with Gasteiger partial charge in [0.15, 0.2) is 5.84 Å². The number of thioether (sulfide) groups is 1. The molecule has 2 aliphatic rings. The third-order valence-corrected chi connectivity index (χ3v) is 6.51. The van der Waals surface area contributed by atoms with Crippen LogP contribution in [0.25, 0.3) is 11.8 Å². The monoisotopic (exact) mass is 455 g/mol. The fraction of sp³-hybridized carbons (Fsp3) is 0.120. The molecule has 0 fully saturated rings. The largest absolute Gasteiger partial charge is 0.497 e. The molecular weight excluding hydrogens is 434 g/mol. The fourth-order valence-corrected chi connectivity index (χ4v) is 4.82. The summed E-state index contributed by atoms with van der Waals surface area (Å²) in [6.07, 6.45) is 1.73. The van der Waals surface area contributed by atoms with Crippen LogP contribution < -0.4 is 4.74 Å². The zero-order valence-electron chi connectivity index (χ0n) is 18.4. The van der Waals surface area contributed by atoms with E-state index in [1.807, 2.05) is 74.5 Å². The summed E-state index contributed by atoms with van der Waals surface area (Å²) in [6.45, 7) is 3.99. The van der Waals surface area contributed by atoms with Gasteiger partial charge in [0, 0.05) is 28.7 Å². The number of hydrazone groups is 1. The van der Waals surface area contributed by atoms with E-state index >= 15 is 0 Å². The van der Waals surface area contributed by atoms with E-state index in [1.165, 1.54) is 16.8 Å². The van der Waals surface area contributed by atoms with Gasteiger partial charge in [-0.05, 0) is 55.4 Å². The molecule has 33 heavy (non-hydrogen) atoms. The molecule has 1 N–H and O–H groups in total. The molecule has 3 aromatic rings. The van der Waals surface area contributed by atoms with Crippen molar-refractivity contribution < 1.29 is 9.53 Å². The first-order valence-corrected chi connectivity index (χ1v) is 11.2. The van der Waals surface area contributed by atoms with Crippen LogP contribution in [-0.2, 0) is 4.79 Å². The third-order valence-electron chi connectivity index (χ3n) is 5.56. The van der Waals surface area contributed by atoms with Crippen LogP contribution in [0.4, 0.5) is 0 Å². The smallest absolute Gasteiger partial charge is 0.283 e. The number of carbonyl (C=O) groups excluding carboxylic acids is 1. The summed E-state index contributed by atoms with van der Waals surface area (Å²) in [7, 11) is 1.64. The number of aliphatic imine (C=N–C) groups is 1. The number of ether oxygens (including phenoxy) is 1. The van der Waals surface area contributed by atoms with Crippen LogP contribution in [-0.4, -0.2) is 38.6 Å². The number of nitrogens with zero attached hydrogens (tertiary/aromatic N) is 4. The average Bonchev–Trinajstić information content (AvgIpc) is 3.37. The molecule has 1 aromatic heterocycles. The molecule has 0 bridgehead atoms. The van der Waals surface area contributed by atoms with Crippen molar-refractivity contribution in [2.75, 3.05) is 7.11 Å². The van der Waals surface area contributed by atoms with Gasteiger partial charge in [-0.15, -0.1) is 0 Å². The third kappa shape index (κ3) is 3.68. The highest BCUT2D eigenvalue weighted by Gasteiger charge is 2.36. The standard InChI is InChI=1S/C25H21N5O2S/c1-15-12-18(16(2)29(15)19-10-7-11-20(14-19)32-3)13-21-22(26)30-25(27-23(21)31)33-24(28-30)17-8-5-4-6-9-17/h4-14,26H,1-3H3/b21-13-,26-22?. The Morgan fingerprint density at radius 2 is 1.85 bits per heavy atom. The Labute approximate surface area is 195 Å². The van der Waals surface area contributed by atoms with Crippen molar-refractivity contribution in [3.05, 3.63) is 88.8 Å². The summed E-state index contributed by atoms with van der Waals surface area (Å²) in [6, 6.07) is 19.5. The van der Waals surface area contributed by atoms with Gasteiger partial charge in [-0.2, -0.15) is 15.1 Å². The summed E-state index contributed by atoms with van der Waals surface area (Å²) in [4.78, 5) is 17.0. The number of benzene rings is 2. The first kappa shape index (κ1) is 21.0. The molecule has 0 saturated carbocycles. The molecule has 0 aliphatic carbocycles. The van der Waals surface area contributed by atoms with Crippen molar-refractivity contribution in [2.45, 2.75) is 13.8 Å². The van der Waals surface area contributed by atoms with Gasteiger partial charge in [-0.3, -0.25) is 10.2 Å². The Balaban J connectivity index is 1.51. The second-order valence-corrected chi connectivity index (χ2v) is 8.61. The second-order valence-electron chi connectivity index (χ2n) is 7.65. The van der Waals surface area contributed by atoms with E-state index in [1.54, 1.807) is 13.2 Å². The van der Waals surface area contributed by atoms with E-state index in [2.05, 4.69) is 14.7 Å². The maximum Gasteiger partial charge on any atom is 0.283 e. The Hall–Kier alpha value is -3.91. The zero-order chi connectivity index (χ0) is 23.1. The molecule has 5 rings (SSSR count). The molecule has 1 amide bonds. The molecule has 0 atom stereocenters. The summed E-state index contributed by atoms with van der Waals surface area (Å²) >= 11 is 1.30. The number of nitrogens with one attached hydrogen (secondary N) is 1. The summed E-state index contributed by atoms with van der Waals surface area (Å²) in [5.41, 5.74) is 4.91. The van der Waals surface area contributed by atoms with Crippen molar-refractivity contribution in [3.8, 4) is 11.4 Å².